The van der Waals surface area contributed by atoms with Gasteiger partial charge in [-0.1, -0.05) is 31.2 Å². The number of rotatable bonds is 8. The lowest BCUT2D eigenvalue weighted by Crippen LogP contribution is -2.38. The zero-order valence-corrected chi connectivity index (χ0v) is 17.8. The molecule has 0 aromatic heterocycles. The molecule has 0 aliphatic carbocycles. The van der Waals surface area contributed by atoms with Gasteiger partial charge in [0, 0.05) is 6.54 Å². The maximum absolute atomic E-state index is 13.9. The molecule has 0 atom stereocenters. The summed E-state index contributed by atoms with van der Waals surface area (Å²) in [6.07, 6.45) is 0.566. The van der Waals surface area contributed by atoms with Gasteiger partial charge in [-0.2, -0.15) is 0 Å². The molecule has 0 unspecified atom stereocenters. The van der Waals surface area contributed by atoms with Crippen molar-refractivity contribution in [3.63, 3.8) is 0 Å². The molecule has 3 rings (SSSR count). The number of benzene rings is 3. The number of carbonyl (C=O) groups excluding carboxylic acids is 2. The van der Waals surface area contributed by atoms with E-state index >= 15 is 0 Å². The third kappa shape index (κ3) is 5.01. The molecule has 0 bridgehead atoms. The maximum Gasteiger partial charge on any atom is 0.258 e. The molecular formula is C24H23F3N2O3. The quantitative estimate of drug-likeness (QED) is 0.489. The van der Waals surface area contributed by atoms with E-state index in [0.29, 0.717) is 30.4 Å². The van der Waals surface area contributed by atoms with Gasteiger partial charge in [0.25, 0.3) is 5.91 Å². The summed E-state index contributed by atoms with van der Waals surface area (Å²) in [4.78, 5) is 27.1. The molecule has 3 aromatic carbocycles. The Bertz CT molecular complexity index is 1150. The number of amides is 2. The van der Waals surface area contributed by atoms with Crippen LogP contribution in [0.4, 0.5) is 18.9 Å². The first-order chi connectivity index (χ1) is 15.3. The predicted octanol–water partition coefficient (Wildman–Crippen LogP) is 5.15. The SMILES string of the molecule is CCCN(CC(=O)Nc1ccc(F)c(F)c1F)C(=O)c1cc2ccccc2cc1OCC. The number of hydrogen-bond donors (Lipinski definition) is 1. The number of ether oxygens (including phenoxy) is 1. The van der Waals surface area contributed by atoms with Crippen LogP contribution in [-0.4, -0.2) is 36.4 Å². The highest BCUT2D eigenvalue weighted by Crippen LogP contribution is 2.28. The standard InChI is InChI=1S/C24H23F3N2O3/c1-3-11-29(14-21(30)28-19-10-9-18(25)22(26)23(19)27)24(31)17-12-15-7-5-6-8-16(15)13-20(17)32-4-2/h5-10,12-13H,3-4,11,14H2,1-2H3,(H,28,30). The number of carbonyl (C=O) groups is 2. The highest BCUT2D eigenvalue weighted by atomic mass is 19.2. The first kappa shape index (κ1) is 23.1. The van der Waals surface area contributed by atoms with E-state index in [4.69, 9.17) is 4.74 Å². The summed E-state index contributed by atoms with van der Waals surface area (Å²) in [6.45, 7) is 3.85. The lowest BCUT2D eigenvalue weighted by Gasteiger charge is -2.23. The van der Waals surface area contributed by atoms with E-state index in [1.807, 2.05) is 31.2 Å². The van der Waals surface area contributed by atoms with Crippen LogP contribution >= 0.6 is 0 Å². The first-order valence-electron chi connectivity index (χ1n) is 10.2. The van der Waals surface area contributed by atoms with Crippen LogP contribution in [0.25, 0.3) is 10.8 Å². The molecule has 8 heteroatoms. The lowest BCUT2D eigenvalue weighted by molar-refractivity contribution is -0.116. The van der Waals surface area contributed by atoms with Gasteiger partial charge in [-0.15, -0.1) is 0 Å². The Morgan fingerprint density at radius 1 is 0.969 bits per heavy atom. The molecule has 32 heavy (non-hydrogen) atoms. The zero-order valence-electron chi connectivity index (χ0n) is 17.8. The third-order valence-electron chi connectivity index (χ3n) is 4.80. The molecule has 0 aliphatic heterocycles. The summed E-state index contributed by atoms with van der Waals surface area (Å²) in [7, 11) is 0. The van der Waals surface area contributed by atoms with Crippen molar-refractivity contribution in [2.75, 3.05) is 25.0 Å². The Morgan fingerprint density at radius 3 is 2.31 bits per heavy atom. The fraction of sp³-hybridized carbons (Fsp3) is 0.250. The van der Waals surface area contributed by atoms with E-state index in [-0.39, 0.29) is 6.54 Å². The van der Waals surface area contributed by atoms with Crippen molar-refractivity contribution in [1.29, 1.82) is 0 Å². The summed E-state index contributed by atoms with van der Waals surface area (Å²) in [5.74, 6) is -5.31. The van der Waals surface area contributed by atoms with Gasteiger partial charge in [-0.05, 0) is 48.4 Å². The van der Waals surface area contributed by atoms with E-state index in [9.17, 15) is 22.8 Å². The predicted molar refractivity (Wildman–Crippen MR) is 116 cm³/mol. The molecule has 0 heterocycles. The maximum atomic E-state index is 13.9. The van der Waals surface area contributed by atoms with Crippen molar-refractivity contribution < 1.29 is 27.5 Å². The normalized spacial score (nSPS) is 10.8. The van der Waals surface area contributed by atoms with Crippen LogP contribution in [0.2, 0.25) is 0 Å². The van der Waals surface area contributed by atoms with Crippen LogP contribution in [0.3, 0.4) is 0 Å². The highest BCUT2D eigenvalue weighted by molar-refractivity contribution is 6.04. The van der Waals surface area contributed by atoms with Crippen LogP contribution < -0.4 is 10.1 Å². The average Bonchev–Trinajstić information content (AvgIpc) is 2.78. The molecule has 168 valence electrons. The van der Waals surface area contributed by atoms with Gasteiger partial charge >= 0.3 is 0 Å². The fourth-order valence-electron chi connectivity index (χ4n) is 3.34. The highest BCUT2D eigenvalue weighted by Gasteiger charge is 2.23. The number of hydrogen-bond acceptors (Lipinski definition) is 3. The number of nitrogens with zero attached hydrogens (tertiary/aromatic N) is 1. The van der Waals surface area contributed by atoms with Gasteiger partial charge in [0.05, 0.1) is 17.9 Å². The van der Waals surface area contributed by atoms with E-state index in [1.54, 1.807) is 19.1 Å². The molecule has 0 saturated heterocycles. The first-order valence-corrected chi connectivity index (χ1v) is 10.2. The number of halogens is 3. The van der Waals surface area contributed by atoms with Crippen molar-refractivity contribution in [2.45, 2.75) is 20.3 Å². The minimum absolute atomic E-state index is 0.255. The second-order valence-corrected chi connectivity index (χ2v) is 7.13. The van der Waals surface area contributed by atoms with Gasteiger partial charge in [-0.25, -0.2) is 13.2 Å². The number of nitrogens with one attached hydrogen (secondary N) is 1. The molecule has 2 amide bonds. The average molecular weight is 444 g/mol. The molecule has 0 spiro atoms. The van der Waals surface area contributed by atoms with Gasteiger partial charge in [0.1, 0.15) is 12.3 Å². The van der Waals surface area contributed by atoms with Gasteiger partial charge < -0.3 is 15.0 Å². The second kappa shape index (κ2) is 10.2. The number of anilines is 1. The van der Waals surface area contributed by atoms with Gasteiger partial charge in [0.2, 0.25) is 5.91 Å². The van der Waals surface area contributed by atoms with Crippen LogP contribution in [0.1, 0.15) is 30.6 Å². The smallest absolute Gasteiger partial charge is 0.258 e. The summed E-state index contributed by atoms with van der Waals surface area (Å²) in [5.41, 5.74) is -0.204. The summed E-state index contributed by atoms with van der Waals surface area (Å²) < 4.78 is 46.1. The Balaban J connectivity index is 1.86. The van der Waals surface area contributed by atoms with Crippen molar-refractivity contribution in [3.05, 3.63) is 71.5 Å². The lowest BCUT2D eigenvalue weighted by atomic mass is 10.0. The van der Waals surface area contributed by atoms with Crippen LogP contribution in [0.5, 0.6) is 5.75 Å². The Hall–Kier alpha value is -3.55. The topological polar surface area (TPSA) is 58.6 Å². The van der Waals surface area contributed by atoms with Gasteiger partial charge in [-0.3, -0.25) is 9.59 Å². The van der Waals surface area contributed by atoms with Crippen LogP contribution in [0.15, 0.2) is 48.5 Å². The molecular weight excluding hydrogens is 421 g/mol. The van der Waals surface area contributed by atoms with Crippen molar-refractivity contribution in [1.82, 2.24) is 4.90 Å². The van der Waals surface area contributed by atoms with Crippen molar-refractivity contribution in [2.24, 2.45) is 0 Å². The Morgan fingerprint density at radius 2 is 1.66 bits per heavy atom. The second-order valence-electron chi connectivity index (χ2n) is 7.13. The fourth-order valence-corrected chi connectivity index (χ4v) is 3.34. The van der Waals surface area contributed by atoms with Crippen LogP contribution in [-0.2, 0) is 4.79 Å². The molecule has 3 aromatic rings. The minimum Gasteiger partial charge on any atom is -0.493 e. The molecule has 0 saturated carbocycles. The van der Waals surface area contributed by atoms with E-state index in [0.717, 1.165) is 16.8 Å². The molecule has 0 aliphatic rings. The number of fused-ring (bicyclic) bond motifs is 1. The summed E-state index contributed by atoms with van der Waals surface area (Å²) in [5, 5.41) is 3.94. The Labute approximate surface area is 183 Å². The minimum atomic E-state index is -1.68. The summed E-state index contributed by atoms with van der Waals surface area (Å²) >= 11 is 0. The molecule has 1 N–H and O–H groups in total. The Kier molecular flexibility index (Phi) is 7.35. The molecule has 0 fully saturated rings. The van der Waals surface area contributed by atoms with Gasteiger partial charge in [0.15, 0.2) is 17.5 Å². The monoisotopic (exact) mass is 444 g/mol. The van der Waals surface area contributed by atoms with E-state index in [2.05, 4.69) is 5.32 Å². The largest absolute Gasteiger partial charge is 0.493 e. The van der Waals surface area contributed by atoms with E-state index in [1.165, 1.54) is 4.90 Å². The summed E-state index contributed by atoms with van der Waals surface area (Å²) in [6, 6.07) is 12.6. The van der Waals surface area contributed by atoms with Crippen LogP contribution in [0, 0.1) is 17.5 Å². The van der Waals surface area contributed by atoms with E-state index < -0.39 is 41.5 Å². The van der Waals surface area contributed by atoms with Crippen molar-refractivity contribution >= 4 is 28.3 Å². The van der Waals surface area contributed by atoms with Crippen molar-refractivity contribution in [3.8, 4) is 5.75 Å². The molecule has 0 radical (unpaired) electrons. The third-order valence-corrected chi connectivity index (χ3v) is 4.80. The molecule has 5 nitrogen and oxygen atoms in total. The zero-order chi connectivity index (χ0) is 23.3.